The van der Waals surface area contributed by atoms with E-state index in [2.05, 4.69) is 16.8 Å². The molecule has 0 bridgehead atoms. The summed E-state index contributed by atoms with van der Waals surface area (Å²) < 4.78 is 0. The van der Waals surface area contributed by atoms with E-state index >= 15 is 0 Å². The lowest BCUT2D eigenvalue weighted by atomic mass is 10.3. The molecule has 0 N–H and O–H groups in total. The Bertz CT molecular complexity index is 379. The Balaban J connectivity index is 2.87. The Labute approximate surface area is 85.9 Å². The van der Waals surface area contributed by atoms with Crippen molar-refractivity contribution in [2.45, 2.75) is 6.42 Å². The third kappa shape index (κ3) is 3.06. The van der Waals surface area contributed by atoms with Gasteiger partial charge in [-0.05, 0) is 6.07 Å². The molecule has 13 heavy (non-hydrogen) atoms. The van der Waals surface area contributed by atoms with E-state index in [1.54, 1.807) is 6.07 Å². The number of hydrogen-bond donors (Lipinski definition) is 0. The molecule has 4 heteroatoms. The molecule has 2 nitrogen and oxygen atoms in total. The van der Waals surface area contributed by atoms with E-state index in [0.717, 1.165) is 6.29 Å². The third-order valence-corrected chi connectivity index (χ3v) is 1.90. The lowest BCUT2D eigenvalue weighted by Gasteiger charge is -1.93. The van der Waals surface area contributed by atoms with Gasteiger partial charge in [-0.1, -0.05) is 35.0 Å². The highest BCUT2D eigenvalue weighted by Crippen LogP contribution is 2.18. The highest BCUT2D eigenvalue weighted by atomic mass is 35.5. The normalized spacial score (nSPS) is 8.77. The maximum absolute atomic E-state index is 9.95. The molecule has 66 valence electrons. The van der Waals surface area contributed by atoms with Gasteiger partial charge in [0.05, 0.1) is 11.4 Å². The van der Waals surface area contributed by atoms with Crippen LogP contribution in [-0.2, 0) is 4.79 Å². The number of pyridine rings is 1. The van der Waals surface area contributed by atoms with E-state index in [1.807, 2.05) is 0 Å². The van der Waals surface area contributed by atoms with E-state index in [1.165, 1.54) is 6.20 Å². The van der Waals surface area contributed by atoms with Crippen LogP contribution in [0.5, 0.6) is 0 Å². The first-order valence-corrected chi connectivity index (χ1v) is 4.23. The molecule has 0 saturated carbocycles. The number of carbonyl (C=O) groups is 1. The minimum absolute atomic E-state index is 0.209. The van der Waals surface area contributed by atoms with Gasteiger partial charge in [-0.3, -0.25) is 0 Å². The zero-order valence-corrected chi connectivity index (χ0v) is 8.06. The van der Waals surface area contributed by atoms with Crippen molar-refractivity contribution in [1.82, 2.24) is 4.98 Å². The van der Waals surface area contributed by atoms with Crippen LogP contribution in [0.2, 0.25) is 10.2 Å². The minimum atomic E-state index is 0.209. The van der Waals surface area contributed by atoms with Crippen LogP contribution in [0.15, 0.2) is 12.3 Å². The summed E-state index contributed by atoms with van der Waals surface area (Å²) in [5.74, 6) is 5.37. The number of nitrogens with zero attached hydrogens (tertiary/aromatic N) is 1. The Kier molecular flexibility index (Phi) is 3.75. The molecule has 1 aromatic rings. The van der Waals surface area contributed by atoms with Crippen LogP contribution in [0.4, 0.5) is 0 Å². The highest BCUT2D eigenvalue weighted by molar-refractivity contribution is 6.41. The van der Waals surface area contributed by atoms with Gasteiger partial charge in [0.15, 0.2) is 0 Å². The van der Waals surface area contributed by atoms with Gasteiger partial charge < -0.3 is 4.79 Å². The zero-order chi connectivity index (χ0) is 9.68. The number of aromatic nitrogens is 1. The zero-order valence-electron chi connectivity index (χ0n) is 6.55. The van der Waals surface area contributed by atoms with Crippen LogP contribution in [0, 0.1) is 11.8 Å². The van der Waals surface area contributed by atoms with E-state index < -0.39 is 0 Å². The second kappa shape index (κ2) is 4.86. The molecule has 0 spiro atoms. The summed E-state index contributed by atoms with van der Waals surface area (Å²) in [6.07, 6.45) is 2.45. The first-order valence-electron chi connectivity index (χ1n) is 3.47. The fraction of sp³-hybridized carbons (Fsp3) is 0.111. The molecule has 0 aliphatic heterocycles. The van der Waals surface area contributed by atoms with Crippen LogP contribution in [0.3, 0.4) is 0 Å². The predicted molar refractivity (Wildman–Crippen MR) is 51.8 cm³/mol. The van der Waals surface area contributed by atoms with Crippen molar-refractivity contribution in [1.29, 1.82) is 0 Å². The van der Waals surface area contributed by atoms with Crippen molar-refractivity contribution in [3.63, 3.8) is 0 Å². The van der Waals surface area contributed by atoms with Crippen molar-refractivity contribution in [3.8, 4) is 11.8 Å². The van der Waals surface area contributed by atoms with Crippen molar-refractivity contribution in [2.75, 3.05) is 0 Å². The number of halogens is 2. The van der Waals surface area contributed by atoms with Crippen molar-refractivity contribution >= 4 is 29.5 Å². The molecule has 0 amide bonds. The largest absolute Gasteiger partial charge is 0.302 e. The third-order valence-electron chi connectivity index (χ3n) is 1.21. The first-order chi connectivity index (χ1) is 6.24. The standard InChI is InChI=1S/C9H5Cl2NO/c10-8-5-7(3-1-2-4-13)6-12-9(8)11/h4-6H,2H2. The quantitative estimate of drug-likeness (QED) is 0.408. The Morgan fingerprint density at radius 1 is 1.54 bits per heavy atom. The fourth-order valence-corrected chi connectivity index (χ4v) is 0.954. The van der Waals surface area contributed by atoms with Gasteiger partial charge in [-0.15, -0.1) is 0 Å². The van der Waals surface area contributed by atoms with Crippen molar-refractivity contribution in [3.05, 3.63) is 28.0 Å². The molecule has 0 fully saturated rings. The predicted octanol–water partition coefficient (Wildman–Crippen LogP) is 2.33. The molecular formula is C9H5Cl2NO. The van der Waals surface area contributed by atoms with E-state index in [4.69, 9.17) is 23.2 Å². The summed E-state index contributed by atoms with van der Waals surface area (Å²) in [6.45, 7) is 0. The Morgan fingerprint density at radius 2 is 2.31 bits per heavy atom. The summed E-state index contributed by atoms with van der Waals surface area (Å²) in [4.78, 5) is 13.8. The molecular weight excluding hydrogens is 209 g/mol. The van der Waals surface area contributed by atoms with Gasteiger partial charge in [0.25, 0.3) is 0 Å². The van der Waals surface area contributed by atoms with Gasteiger partial charge in [0, 0.05) is 11.8 Å². The van der Waals surface area contributed by atoms with Crippen LogP contribution in [0.25, 0.3) is 0 Å². The monoisotopic (exact) mass is 213 g/mol. The Hall–Kier alpha value is -1.04. The summed E-state index contributed by atoms with van der Waals surface area (Å²) >= 11 is 11.3. The molecule has 1 heterocycles. The van der Waals surface area contributed by atoms with Gasteiger partial charge in [-0.25, -0.2) is 4.98 Å². The topological polar surface area (TPSA) is 30.0 Å². The lowest BCUT2D eigenvalue weighted by Crippen LogP contribution is -1.80. The van der Waals surface area contributed by atoms with E-state index in [-0.39, 0.29) is 11.6 Å². The number of hydrogen-bond acceptors (Lipinski definition) is 2. The van der Waals surface area contributed by atoms with Crippen LogP contribution in [0.1, 0.15) is 12.0 Å². The van der Waals surface area contributed by atoms with E-state index in [0.29, 0.717) is 10.6 Å². The van der Waals surface area contributed by atoms with Gasteiger partial charge >= 0.3 is 0 Å². The maximum Gasteiger partial charge on any atom is 0.147 e. The first kappa shape index (κ1) is 10.0. The average molecular weight is 214 g/mol. The second-order valence-corrected chi connectivity index (χ2v) is 2.93. The highest BCUT2D eigenvalue weighted by Gasteiger charge is 1.97. The van der Waals surface area contributed by atoms with Crippen LogP contribution < -0.4 is 0 Å². The van der Waals surface area contributed by atoms with Crippen molar-refractivity contribution in [2.24, 2.45) is 0 Å². The summed E-state index contributed by atoms with van der Waals surface area (Å²) in [5.41, 5.74) is 0.649. The smallest absolute Gasteiger partial charge is 0.147 e. The minimum Gasteiger partial charge on any atom is -0.302 e. The molecule has 0 aromatic carbocycles. The average Bonchev–Trinajstić information content (AvgIpc) is 2.12. The van der Waals surface area contributed by atoms with Crippen LogP contribution in [-0.4, -0.2) is 11.3 Å². The van der Waals surface area contributed by atoms with Crippen LogP contribution >= 0.6 is 23.2 Å². The lowest BCUT2D eigenvalue weighted by molar-refractivity contribution is -0.107. The number of rotatable bonds is 1. The summed E-state index contributed by atoms with van der Waals surface area (Å²) in [5, 5.41) is 0.613. The van der Waals surface area contributed by atoms with E-state index in [9.17, 15) is 4.79 Å². The number of aldehydes is 1. The van der Waals surface area contributed by atoms with Crippen molar-refractivity contribution < 1.29 is 4.79 Å². The molecule has 0 unspecified atom stereocenters. The van der Waals surface area contributed by atoms with Gasteiger partial charge in [0.1, 0.15) is 11.4 Å². The fourth-order valence-electron chi connectivity index (χ4n) is 0.684. The second-order valence-electron chi connectivity index (χ2n) is 2.17. The SMILES string of the molecule is O=CCC#Cc1cnc(Cl)c(Cl)c1. The molecule has 0 atom stereocenters. The van der Waals surface area contributed by atoms with Gasteiger partial charge in [-0.2, -0.15) is 0 Å². The molecule has 0 saturated heterocycles. The molecule has 1 aromatic heterocycles. The molecule has 0 radical (unpaired) electrons. The summed E-state index contributed by atoms with van der Waals surface area (Å²) in [6, 6.07) is 1.61. The maximum atomic E-state index is 9.95. The van der Waals surface area contributed by atoms with Gasteiger partial charge in [0.2, 0.25) is 0 Å². The molecule has 1 rings (SSSR count). The molecule has 0 aliphatic rings. The number of carbonyl (C=O) groups excluding carboxylic acids is 1. The molecule has 0 aliphatic carbocycles. The summed E-state index contributed by atoms with van der Waals surface area (Å²) in [7, 11) is 0. The Morgan fingerprint density at radius 3 is 2.92 bits per heavy atom.